The van der Waals surface area contributed by atoms with Crippen molar-refractivity contribution in [3.63, 3.8) is 0 Å². The summed E-state index contributed by atoms with van der Waals surface area (Å²) in [5, 5.41) is 16.0. The Balaban J connectivity index is 2.00. The molecule has 0 aliphatic rings. The minimum Gasteiger partial charge on any atom is -0.507 e. The molecule has 2 rings (SSSR count). The predicted molar refractivity (Wildman–Crippen MR) is 71.0 cm³/mol. The lowest BCUT2D eigenvalue weighted by Crippen LogP contribution is -1.90. The van der Waals surface area contributed by atoms with Gasteiger partial charge in [-0.25, -0.2) is 4.98 Å². The normalized spacial score (nSPS) is 10.9. The standard InChI is InChI=1S/C11H10ClN3OS/c12-5-9-7-17-11(14-9)15-13-6-8-3-1-2-4-10(8)16/h1-4,6-7,16H,5H2,(H,14,15)/b13-6+. The number of anilines is 1. The number of aromatic hydroxyl groups is 1. The number of phenols is 1. The van der Waals surface area contributed by atoms with Crippen LogP contribution in [-0.4, -0.2) is 16.3 Å². The summed E-state index contributed by atoms with van der Waals surface area (Å²) in [4.78, 5) is 4.18. The Kier molecular flexibility index (Phi) is 3.95. The van der Waals surface area contributed by atoms with Gasteiger partial charge < -0.3 is 5.11 Å². The van der Waals surface area contributed by atoms with Crippen LogP contribution >= 0.6 is 22.9 Å². The fraction of sp³-hybridized carbons (Fsp3) is 0.0909. The van der Waals surface area contributed by atoms with Gasteiger partial charge >= 0.3 is 0 Å². The van der Waals surface area contributed by atoms with Gasteiger partial charge in [-0.15, -0.1) is 22.9 Å². The number of hydrazone groups is 1. The number of hydrogen-bond acceptors (Lipinski definition) is 5. The lowest BCUT2D eigenvalue weighted by molar-refractivity contribution is 0.474. The van der Waals surface area contributed by atoms with Crippen molar-refractivity contribution in [3.8, 4) is 5.75 Å². The van der Waals surface area contributed by atoms with Crippen LogP contribution in [0.3, 0.4) is 0 Å². The number of hydrogen-bond donors (Lipinski definition) is 2. The largest absolute Gasteiger partial charge is 0.507 e. The van der Waals surface area contributed by atoms with E-state index in [9.17, 15) is 5.11 Å². The van der Waals surface area contributed by atoms with Crippen molar-refractivity contribution in [1.29, 1.82) is 0 Å². The van der Waals surface area contributed by atoms with Crippen LogP contribution in [0, 0.1) is 0 Å². The molecule has 4 nitrogen and oxygen atoms in total. The third kappa shape index (κ3) is 3.18. The van der Waals surface area contributed by atoms with Crippen LogP contribution in [0.4, 0.5) is 5.13 Å². The molecular weight excluding hydrogens is 258 g/mol. The number of alkyl halides is 1. The van der Waals surface area contributed by atoms with E-state index in [4.69, 9.17) is 11.6 Å². The highest BCUT2D eigenvalue weighted by molar-refractivity contribution is 7.13. The monoisotopic (exact) mass is 267 g/mol. The highest BCUT2D eigenvalue weighted by atomic mass is 35.5. The van der Waals surface area contributed by atoms with Crippen molar-refractivity contribution >= 4 is 34.3 Å². The minimum absolute atomic E-state index is 0.193. The first-order valence-corrected chi connectivity index (χ1v) is 6.28. The zero-order chi connectivity index (χ0) is 12.1. The first kappa shape index (κ1) is 11.9. The zero-order valence-corrected chi connectivity index (χ0v) is 10.4. The van der Waals surface area contributed by atoms with Gasteiger partial charge in [0.25, 0.3) is 0 Å². The number of aromatic nitrogens is 1. The molecule has 17 heavy (non-hydrogen) atoms. The molecule has 0 fully saturated rings. The van der Waals surface area contributed by atoms with Gasteiger partial charge in [-0.05, 0) is 12.1 Å². The lowest BCUT2D eigenvalue weighted by atomic mass is 10.2. The highest BCUT2D eigenvalue weighted by Crippen LogP contribution is 2.17. The summed E-state index contributed by atoms with van der Waals surface area (Å²) in [6, 6.07) is 6.96. The van der Waals surface area contributed by atoms with E-state index < -0.39 is 0 Å². The van der Waals surface area contributed by atoms with Crippen molar-refractivity contribution in [3.05, 3.63) is 40.9 Å². The number of phenolic OH excluding ortho intramolecular Hbond substituents is 1. The predicted octanol–water partition coefficient (Wildman–Crippen LogP) is 3.03. The van der Waals surface area contributed by atoms with E-state index in [1.54, 1.807) is 18.2 Å². The molecule has 0 bridgehead atoms. The van der Waals surface area contributed by atoms with Gasteiger partial charge in [0.05, 0.1) is 17.8 Å². The Morgan fingerprint density at radius 2 is 2.29 bits per heavy atom. The SMILES string of the molecule is Oc1ccccc1/C=N/Nc1nc(CCl)cs1. The zero-order valence-electron chi connectivity index (χ0n) is 8.80. The summed E-state index contributed by atoms with van der Waals surface area (Å²) in [6.45, 7) is 0. The third-order valence-corrected chi connectivity index (χ3v) is 3.06. The maximum Gasteiger partial charge on any atom is 0.203 e. The fourth-order valence-electron chi connectivity index (χ4n) is 1.17. The van der Waals surface area contributed by atoms with E-state index in [-0.39, 0.29) is 5.75 Å². The first-order chi connectivity index (χ1) is 8.29. The number of nitrogens with zero attached hydrogens (tertiary/aromatic N) is 2. The number of benzene rings is 1. The molecule has 0 saturated carbocycles. The van der Waals surface area contributed by atoms with Gasteiger partial charge in [0, 0.05) is 10.9 Å². The average Bonchev–Trinajstić information content (AvgIpc) is 2.80. The van der Waals surface area contributed by atoms with Gasteiger partial charge in [0.15, 0.2) is 0 Å². The first-order valence-electron chi connectivity index (χ1n) is 4.87. The van der Waals surface area contributed by atoms with E-state index >= 15 is 0 Å². The van der Waals surface area contributed by atoms with Gasteiger partial charge in [-0.1, -0.05) is 12.1 Å². The smallest absolute Gasteiger partial charge is 0.203 e. The average molecular weight is 268 g/mol. The van der Waals surface area contributed by atoms with Crippen molar-refractivity contribution in [1.82, 2.24) is 4.98 Å². The van der Waals surface area contributed by atoms with Crippen molar-refractivity contribution in [2.24, 2.45) is 5.10 Å². The van der Waals surface area contributed by atoms with Crippen molar-refractivity contribution < 1.29 is 5.11 Å². The maximum absolute atomic E-state index is 9.50. The number of nitrogens with one attached hydrogen (secondary N) is 1. The molecule has 0 aliphatic heterocycles. The van der Waals surface area contributed by atoms with E-state index in [2.05, 4.69) is 15.5 Å². The fourth-order valence-corrected chi connectivity index (χ4v) is 2.06. The summed E-state index contributed by atoms with van der Waals surface area (Å²) < 4.78 is 0. The number of halogens is 1. The van der Waals surface area contributed by atoms with Gasteiger partial charge in [0.1, 0.15) is 5.75 Å². The van der Waals surface area contributed by atoms with Crippen LogP contribution in [0.2, 0.25) is 0 Å². The van der Waals surface area contributed by atoms with E-state index in [1.807, 2.05) is 11.4 Å². The van der Waals surface area contributed by atoms with Crippen molar-refractivity contribution in [2.45, 2.75) is 5.88 Å². The van der Waals surface area contributed by atoms with E-state index in [0.717, 1.165) is 5.69 Å². The molecule has 1 heterocycles. The van der Waals surface area contributed by atoms with Gasteiger partial charge in [-0.3, -0.25) is 5.43 Å². The molecule has 0 aliphatic carbocycles. The lowest BCUT2D eigenvalue weighted by Gasteiger charge is -1.97. The van der Waals surface area contributed by atoms with Crippen LogP contribution in [0.25, 0.3) is 0 Å². The Morgan fingerprint density at radius 3 is 3.00 bits per heavy atom. The molecule has 88 valence electrons. The second kappa shape index (κ2) is 5.65. The molecule has 2 N–H and O–H groups in total. The maximum atomic E-state index is 9.50. The molecule has 2 aromatic rings. The second-order valence-corrected chi connectivity index (χ2v) is 4.33. The quantitative estimate of drug-likeness (QED) is 0.509. The van der Waals surface area contributed by atoms with Crippen molar-refractivity contribution in [2.75, 3.05) is 5.43 Å². The molecule has 0 radical (unpaired) electrons. The van der Waals surface area contributed by atoms with Crippen LogP contribution in [-0.2, 0) is 5.88 Å². The Labute approximate surface area is 108 Å². The summed E-state index contributed by atoms with van der Waals surface area (Å²) in [6.07, 6.45) is 1.54. The number of thiazole rings is 1. The number of rotatable bonds is 4. The number of para-hydroxylation sites is 1. The van der Waals surface area contributed by atoms with Crippen LogP contribution in [0.15, 0.2) is 34.7 Å². The Hall–Kier alpha value is -1.59. The molecule has 6 heteroatoms. The summed E-state index contributed by atoms with van der Waals surface area (Å²) in [5.41, 5.74) is 4.25. The molecule has 0 unspecified atom stereocenters. The van der Waals surface area contributed by atoms with Crippen LogP contribution < -0.4 is 5.43 Å². The summed E-state index contributed by atoms with van der Waals surface area (Å²) in [5.74, 6) is 0.583. The molecule has 1 aromatic heterocycles. The highest BCUT2D eigenvalue weighted by Gasteiger charge is 1.99. The second-order valence-electron chi connectivity index (χ2n) is 3.21. The Morgan fingerprint density at radius 1 is 1.47 bits per heavy atom. The topological polar surface area (TPSA) is 57.5 Å². The third-order valence-electron chi connectivity index (χ3n) is 1.99. The van der Waals surface area contributed by atoms with Gasteiger partial charge in [-0.2, -0.15) is 5.10 Å². The van der Waals surface area contributed by atoms with E-state index in [0.29, 0.717) is 16.6 Å². The molecule has 0 amide bonds. The molecule has 0 spiro atoms. The minimum atomic E-state index is 0.193. The summed E-state index contributed by atoms with van der Waals surface area (Å²) in [7, 11) is 0. The summed E-state index contributed by atoms with van der Waals surface area (Å²) >= 11 is 7.07. The molecule has 0 saturated heterocycles. The van der Waals surface area contributed by atoms with Gasteiger partial charge in [0.2, 0.25) is 5.13 Å². The van der Waals surface area contributed by atoms with Crippen LogP contribution in [0.1, 0.15) is 11.3 Å². The molecular formula is C11H10ClN3OS. The Bertz CT molecular complexity index is 527. The van der Waals surface area contributed by atoms with Crippen LogP contribution in [0.5, 0.6) is 5.75 Å². The molecule has 0 atom stereocenters. The molecule has 1 aromatic carbocycles. The van der Waals surface area contributed by atoms with E-state index in [1.165, 1.54) is 17.6 Å².